The lowest BCUT2D eigenvalue weighted by Gasteiger charge is -2.26. The first kappa shape index (κ1) is 14.4. The monoisotopic (exact) mass is 278 g/mol. The lowest BCUT2D eigenvalue weighted by molar-refractivity contribution is -0.127. The highest BCUT2D eigenvalue weighted by molar-refractivity contribution is 7.98. The molecule has 0 spiro atoms. The molecule has 1 atom stereocenters. The number of thioether (sulfide) groups is 1. The molecule has 1 aromatic carbocycles. The van der Waals surface area contributed by atoms with Crippen molar-refractivity contribution in [3.05, 3.63) is 29.8 Å². The largest absolute Gasteiger partial charge is 0.350 e. The quantitative estimate of drug-likeness (QED) is 0.813. The van der Waals surface area contributed by atoms with Gasteiger partial charge in [-0.25, -0.2) is 0 Å². The van der Waals surface area contributed by atoms with Gasteiger partial charge in [-0.05, 0) is 49.8 Å². The fraction of sp³-hybridized carbons (Fsp3) is 0.533. The highest BCUT2D eigenvalue weighted by Gasteiger charge is 2.38. The zero-order valence-corrected chi connectivity index (χ0v) is 12.5. The number of carbonyl (C=O) groups is 1. The summed E-state index contributed by atoms with van der Waals surface area (Å²) in [6, 6.07) is 8.34. The summed E-state index contributed by atoms with van der Waals surface area (Å²) in [6.45, 7) is 3.63. The van der Waals surface area contributed by atoms with E-state index in [9.17, 15) is 4.79 Å². The summed E-state index contributed by atoms with van der Waals surface area (Å²) in [5, 5.41) is 6.42. The predicted octanol–water partition coefficient (Wildman–Crippen LogP) is 2.56. The van der Waals surface area contributed by atoms with E-state index in [-0.39, 0.29) is 11.4 Å². The summed E-state index contributed by atoms with van der Waals surface area (Å²) >= 11 is 1.73. The van der Waals surface area contributed by atoms with Crippen LogP contribution < -0.4 is 10.6 Å². The molecule has 0 saturated carbocycles. The van der Waals surface area contributed by atoms with Gasteiger partial charge in [-0.3, -0.25) is 4.79 Å². The summed E-state index contributed by atoms with van der Waals surface area (Å²) < 4.78 is 0. The van der Waals surface area contributed by atoms with Crippen molar-refractivity contribution in [2.75, 3.05) is 12.8 Å². The molecule has 0 radical (unpaired) electrons. The molecule has 1 amide bonds. The van der Waals surface area contributed by atoms with Crippen LogP contribution in [-0.4, -0.2) is 24.2 Å². The van der Waals surface area contributed by atoms with Gasteiger partial charge in [0.15, 0.2) is 0 Å². The molecule has 1 aliphatic heterocycles. The van der Waals surface area contributed by atoms with Crippen LogP contribution in [0.3, 0.4) is 0 Å². The Balaban J connectivity index is 1.92. The Bertz CT molecular complexity index is 424. The highest BCUT2D eigenvalue weighted by atomic mass is 32.2. The minimum absolute atomic E-state index is 0.140. The molecular formula is C15H22N2OS. The standard InChI is InChI=1S/C15H22N2OS/c1-3-15(9-4-10-17-15)14(18)16-11-12-5-7-13(19-2)8-6-12/h5-8,17H,3-4,9-11H2,1-2H3,(H,16,18). The maximum atomic E-state index is 12.3. The molecule has 1 aliphatic rings. The van der Waals surface area contributed by atoms with Gasteiger partial charge in [0.1, 0.15) is 0 Å². The van der Waals surface area contributed by atoms with E-state index in [1.165, 1.54) is 4.90 Å². The summed E-state index contributed by atoms with van der Waals surface area (Å²) in [6.07, 6.45) is 4.95. The van der Waals surface area contributed by atoms with Crippen molar-refractivity contribution in [3.63, 3.8) is 0 Å². The molecule has 1 unspecified atom stereocenters. The number of hydrogen-bond donors (Lipinski definition) is 2. The average molecular weight is 278 g/mol. The van der Waals surface area contributed by atoms with Gasteiger partial charge in [0, 0.05) is 11.4 Å². The third-order valence-electron chi connectivity index (χ3n) is 3.89. The van der Waals surface area contributed by atoms with Gasteiger partial charge < -0.3 is 10.6 Å². The van der Waals surface area contributed by atoms with Gasteiger partial charge in [-0.2, -0.15) is 0 Å². The van der Waals surface area contributed by atoms with Gasteiger partial charge in [0.2, 0.25) is 5.91 Å². The van der Waals surface area contributed by atoms with E-state index in [0.717, 1.165) is 31.4 Å². The summed E-state index contributed by atoms with van der Waals surface area (Å²) in [5.41, 5.74) is 0.814. The molecular weight excluding hydrogens is 256 g/mol. The fourth-order valence-corrected chi connectivity index (χ4v) is 2.97. The SMILES string of the molecule is CCC1(C(=O)NCc2ccc(SC)cc2)CCCN1. The van der Waals surface area contributed by atoms with Gasteiger partial charge in [0.05, 0.1) is 5.54 Å². The molecule has 1 saturated heterocycles. The van der Waals surface area contributed by atoms with Crippen LogP contribution in [0.4, 0.5) is 0 Å². The average Bonchev–Trinajstić information content (AvgIpc) is 2.95. The van der Waals surface area contributed by atoms with Crippen molar-refractivity contribution in [1.82, 2.24) is 10.6 Å². The van der Waals surface area contributed by atoms with Gasteiger partial charge in [0.25, 0.3) is 0 Å². The molecule has 0 aliphatic carbocycles. The van der Waals surface area contributed by atoms with Crippen LogP contribution in [-0.2, 0) is 11.3 Å². The molecule has 3 nitrogen and oxygen atoms in total. The molecule has 0 aromatic heterocycles. The Kier molecular flexibility index (Phi) is 4.88. The smallest absolute Gasteiger partial charge is 0.240 e. The van der Waals surface area contributed by atoms with E-state index in [4.69, 9.17) is 0 Å². The molecule has 4 heteroatoms. The molecule has 19 heavy (non-hydrogen) atoms. The Morgan fingerprint density at radius 3 is 2.68 bits per heavy atom. The maximum absolute atomic E-state index is 12.3. The van der Waals surface area contributed by atoms with Crippen molar-refractivity contribution < 1.29 is 4.79 Å². The second kappa shape index (κ2) is 6.44. The molecule has 1 fully saturated rings. The molecule has 2 N–H and O–H groups in total. The van der Waals surface area contributed by atoms with E-state index >= 15 is 0 Å². The van der Waals surface area contributed by atoms with Crippen molar-refractivity contribution in [2.24, 2.45) is 0 Å². The van der Waals surface area contributed by atoms with E-state index < -0.39 is 0 Å². The normalized spacial score (nSPS) is 22.4. The Morgan fingerprint density at radius 1 is 1.42 bits per heavy atom. The van der Waals surface area contributed by atoms with E-state index in [1.807, 2.05) is 0 Å². The van der Waals surface area contributed by atoms with Gasteiger partial charge in [-0.1, -0.05) is 19.1 Å². The number of rotatable bonds is 5. The van der Waals surface area contributed by atoms with Crippen molar-refractivity contribution in [2.45, 2.75) is 43.2 Å². The molecule has 2 rings (SSSR count). The van der Waals surface area contributed by atoms with E-state index in [1.54, 1.807) is 11.8 Å². The maximum Gasteiger partial charge on any atom is 0.240 e. The van der Waals surface area contributed by atoms with Crippen LogP contribution >= 0.6 is 11.8 Å². The zero-order valence-electron chi connectivity index (χ0n) is 11.7. The molecule has 0 bridgehead atoms. The number of carbonyl (C=O) groups excluding carboxylic acids is 1. The number of hydrogen-bond acceptors (Lipinski definition) is 3. The lowest BCUT2D eigenvalue weighted by Crippen LogP contribution is -2.52. The first-order valence-electron chi connectivity index (χ1n) is 6.86. The van der Waals surface area contributed by atoms with E-state index in [0.29, 0.717) is 6.54 Å². The van der Waals surface area contributed by atoms with E-state index in [2.05, 4.69) is 48.1 Å². The van der Waals surface area contributed by atoms with Crippen LogP contribution in [0.15, 0.2) is 29.2 Å². The summed E-state index contributed by atoms with van der Waals surface area (Å²) in [5.74, 6) is 0.140. The first-order chi connectivity index (χ1) is 9.20. The highest BCUT2D eigenvalue weighted by Crippen LogP contribution is 2.23. The first-order valence-corrected chi connectivity index (χ1v) is 8.09. The number of nitrogens with one attached hydrogen (secondary N) is 2. The Hall–Kier alpha value is -1.00. The number of amides is 1. The number of benzene rings is 1. The van der Waals surface area contributed by atoms with Crippen LogP contribution in [0.5, 0.6) is 0 Å². The predicted molar refractivity (Wildman–Crippen MR) is 80.3 cm³/mol. The Labute approximate surface area is 119 Å². The molecule has 1 aromatic rings. The Morgan fingerprint density at radius 2 is 2.16 bits per heavy atom. The van der Waals surface area contributed by atoms with Gasteiger partial charge >= 0.3 is 0 Å². The van der Waals surface area contributed by atoms with Crippen LogP contribution in [0.2, 0.25) is 0 Å². The lowest BCUT2D eigenvalue weighted by atomic mass is 9.93. The summed E-state index contributed by atoms with van der Waals surface area (Å²) in [7, 11) is 0. The molecule has 104 valence electrons. The van der Waals surface area contributed by atoms with Gasteiger partial charge in [-0.15, -0.1) is 11.8 Å². The third-order valence-corrected chi connectivity index (χ3v) is 4.64. The third kappa shape index (κ3) is 3.31. The second-order valence-corrected chi connectivity index (χ2v) is 5.88. The zero-order chi connectivity index (χ0) is 13.7. The van der Waals surface area contributed by atoms with Crippen LogP contribution in [0.25, 0.3) is 0 Å². The topological polar surface area (TPSA) is 41.1 Å². The van der Waals surface area contributed by atoms with Crippen LogP contribution in [0, 0.1) is 0 Å². The summed E-state index contributed by atoms with van der Waals surface area (Å²) in [4.78, 5) is 13.6. The van der Waals surface area contributed by atoms with Crippen molar-refractivity contribution in [3.8, 4) is 0 Å². The molecule has 1 heterocycles. The fourth-order valence-electron chi connectivity index (χ4n) is 2.56. The van der Waals surface area contributed by atoms with Crippen molar-refractivity contribution in [1.29, 1.82) is 0 Å². The minimum Gasteiger partial charge on any atom is -0.350 e. The minimum atomic E-state index is -0.334. The van der Waals surface area contributed by atoms with Crippen LogP contribution in [0.1, 0.15) is 31.7 Å². The second-order valence-electron chi connectivity index (χ2n) is 5.00. The van der Waals surface area contributed by atoms with Crippen molar-refractivity contribution >= 4 is 17.7 Å².